The average molecular weight is 520 g/mol. The molecule has 5 heterocycles. The highest BCUT2D eigenvalue weighted by Gasteiger charge is 2.57. The summed E-state index contributed by atoms with van der Waals surface area (Å²) in [5, 5.41) is 2.87. The van der Waals surface area contributed by atoms with Crippen LogP contribution in [0.2, 0.25) is 0 Å². The number of benzene rings is 1. The van der Waals surface area contributed by atoms with E-state index in [-0.39, 0.29) is 17.9 Å². The van der Waals surface area contributed by atoms with Gasteiger partial charge in [0.2, 0.25) is 0 Å². The number of carbonyl (C=O) groups is 2. The molecule has 2 fully saturated rings. The van der Waals surface area contributed by atoms with Gasteiger partial charge in [-0.05, 0) is 74.8 Å². The Hall–Kier alpha value is -4.71. The van der Waals surface area contributed by atoms with Gasteiger partial charge in [0.15, 0.2) is 0 Å². The third kappa shape index (κ3) is 4.00. The van der Waals surface area contributed by atoms with Gasteiger partial charge in [0, 0.05) is 35.8 Å². The maximum absolute atomic E-state index is 13.1. The molecule has 0 spiro atoms. The summed E-state index contributed by atoms with van der Waals surface area (Å²) in [5.74, 6) is 6.74. The zero-order valence-electron chi connectivity index (χ0n) is 21.9. The van der Waals surface area contributed by atoms with Crippen LogP contribution in [0.3, 0.4) is 0 Å². The van der Waals surface area contributed by atoms with Crippen molar-refractivity contribution in [1.82, 2.24) is 24.3 Å². The Labute approximate surface area is 226 Å². The van der Waals surface area contributed by atoms with E-state index in [1.807, 2.05) is 39.8 Å². The summed E-state index contributed by atoms with van der Waals surface area (Å²) in [7, 11) is 0. The Kier molecular flexibility index (Phi) is 6.03. The molecule has 196 valence electrons. The smallest absolute Gasteiger partial charge is 0.299 e. The lowest BCUT2D eigenvalue weighted by Crippen LogP contribution is -2.43. The summed E-state index contributed by atoms with van der Waals surface area (Å²) < 4.78 is 1.97. The number of hydrogen-bond donors (Lipinski definition) is 2. The number of carbonyl (C=O) groups excluding carboxylic acids is 2. The zero-order chi connectivity index (χ0) is 27.1. The number of anilines is 2. The lowest BCUT2D eigenvalue weighted by atomic mass is 9.87. The topological polar surface area (TPSA) is 119 Å². The molecule has 2 aliphatic heterocycles. The summed E-state index contributed by atoms with van der Waals surface area (Å²) >= 11 is 0. The molecule has 2 bridgehead atoms. The number of nitrogens with two attached hydrogens (primary N) is 1. The molecule has 2 amide bonds. The van der Waals surface area contributed by atoms with Gasteiger partial charge < -0.3 is 16.0 Å². The van der Waals surface area contributed by atoms with Crippen molar-refractivity contribution in [3.05, 3.63) is 71.9 Å². The molecule has 2 aliphatic rings. The Morgan fingerprint density at radius 2 is 1.90 bits per heavy atom. The van der Waals surface area contributed by atoms with Crippen molar-refractivity contribution in [1.29, 1.82) is 0 Å². The second-order valence-electron chi connectivity index (χ2n) is 10.1. The van der Waals surface area contributed by atoms with Crippen LogP contribution < -0.4 is 11.1 Å². The molecular weight excluding hydrogens is 490 g/mol. The number of pyridine rings is 1. The number of fused-ring (bicyclic) bond motifs is 3. The molecule has 39 heavy (non-hydrogen) atoms. The maximum Gasteiger partial charge on any atom is 0.299 e. The van der Waals surface area contributed by atoms with Crippen LogP contribution in [-0.2, 0) is 16.8 Å². The molecule has 3 N–H and O–H groups in total. The van der Waals surface area contributed by atoms with Crippen molar-refractivity contribution in [3.8, 4) is 23.1 Å². The van der Waals surface area contributed by atoms with E-state index in [2.05, 4.69) is 34.0 Å². The van der Waals surface area contributed by atoms with Crippen LogP contribution in [0.25, 0.3) is 16.8 Å². The van der Waals surface area contributed by atoms with Crippen LogP contribution in [0.5, 0.6) is 0 Å². The Balaban J connectivity index is 1.38. The van der Waals surface area contributed by atoms with Crippen LogP contribution in [0.4, 0.5) is 11.6 Å². The molecule has 2 saturated heterocycles. The Morgan fingerprint density at radius 1 is 1.13 bits per heavy atom. The SMILES string of the molecule is CC#CC(=O)N1C2CCC1(c1nc(-c3ccc(C(=O)Nc4cc(CC)ccn4)cc3)c3c(N)nccn13)CC2. The van der Waals surface area contributed by atoms with E-state index in [9.17, 15) is 9.59 Å². The van der Waals surface area contributed by atoms with Gasteiger partial charge in [-0.15, -0.1) is 0 Å². The van der Waals surface area contributed by atoms with Crippen LogP contribution in [-0.4, -0.2) is 42.1 Å². The first-order valence-electron chi connectivity index (χ1n) is 13.2. The van der Waals surface area contributed by atoms with Gasteiger partial charge in [-0.3, -0.25) is 14.0 Å². The highest BCUT2D eigenvalue weighted by molar-refractivity contribution is 6.04. The maximum atomic E-state index is 13.1. The highest BCUT2D eigenvalue weighted by atomic mass is 16.2. The number of aryl methyl sites for hydroxylation is 1. The lowest BCUT2D eigenvalue weighted by Gasteiger charge is -2.32. The van der Waals surface area contributed by atoms with Crippen molar-refractivity contribution in [3.63, 3.8) is 0 Å². The molecule has 3 aromatic heterocycles. The van der Waals surface area contributed by atoms with Crippen molar-refractivity contribution < 1.29 is 9.59 Å². The molecule has 0 unspecified atom stereocenters. The van der Waals surface area contributed by atoms with Crippen LogP contribution in [0.15, 0.2) is 55.0 Å². The molecule has 0 aliphatic carbocycles. The zero-order valence-corrected chi connectivity index (χ0v) is 21.9. The van der Waals surface area contributed by atoms with Crippen LogP contribution in [0.1, 0.15) is 61.3 Å². The number of hydrogen-bond acceptors (Lipinski definition) is 6. The van der Waals surface area contributed by atoms with Crippen LogP contribution >= 0.6 is 0 Å². The van der Waals surface area contributed by atoms with Crippen molar-refractivity contribution >= 4 is 29.0 Å². The fraction of sp³-hybridized carbons (Fsp3) is 0.300. The molecule has 4 aromatic rings. The summed E-state index contributed by atoms with van der Waals surface area (Å²) in [6.07, 6.45) is 9.54. The van der Waals surface area contributed by atoms with Gasteiger partial charge >= 0.3 is 0 Å². The van der Waals surface area contributed by atoms with Gasteiger partial charge in [0.05, 0.1) is 0 Å². The number of nitrogens with zero attached hydrogens (tertiary/aromatic N) is 5. The fourth-order valence-electron chi connectivity index (χ4n) is 6.11. The van der Waals surface area contributed by atoms with E-state index in [0.29, 0.717) is 28.4 Å². The number of nitrogen functional groups attached to an aromatic ring is 1. The van der Waals surface area contributed by atoms with Crippen molar-refractivity contribution in [2.75, 3.05) is 11.1 Å². The molecule has 0 saturated carbocycles. The second-order valence-corrected chi connectivity index (χ2v) is 10.1. The minimum Gasteiger partial charge on any atom is -0.382 e. The van der Waals surface area contributed by atoms with Crippen LogP contribution in [0, 0.1) is 11.8 Å². The van der Waals surface area contributed by atoms with Crippen molar-refractivity contribution in [2.24, 2.45) is 0 Å². The number of amides is 2. The molecule has 6 rings (SSSR count). The summed E-state index contributed by atoms with van der Waals surface area (Å²) in [5.41, 5.74) is 9.59. The minimum atomic E-state index is -0.541. The highest BCUT2D eigenvalue weighted by Crippen LogP contribution is 2.53. The van der Waals surface area contributed by atoms with E-state index in [4.69, 9.17) is 10.7 Å². The second kappa shape index (κ2) is 9.55. The van der Waals surface area contributed by atoms with E-state index in [1.165, 1.54) is 0 Å². The summed E-state index contributed by atoms with van der Waals surface area (Å²) in [6.45, 7) is 3.74. The first-order chi connectivity index (χ1) is 18.9. The van der Waals surface area contributed by atoms with Gasteiger partial charge in [-0.25, -0.2) is 15.0 Å². The standard InChI is InChI=1S/C30H29N7O2/c1-3-5-24(38)37-22-10-13-30(37,14-11-22)29-35-25(26-27(31)33-16-17-36(26)29)20-6-8-21(9-7-20)28(39)34-23-18-19(4-2)12-15-32-23/h6-9,12,15-18,22H,4,10-11,13-14H2,1-2H3,(H2,31,33)(H,32,34,39). The number of nitrogens with one attached hydrogen (secondary N) is 1. The van der Waals surface area contributed by atoms with Gasteiger partial charge in [0.1, 0.15) is 34.2 Å². The molecule has 0 radical (unpaired) electrons. The summed E-state index contributed by atoms with van der Waals surface area (Å²) in [6, 6.07) is 11.2. The third-order valence-electron chi connectivity index (χ3n) is 7.95. The summed E-state index contributed by atoms with van der Waals surface area (Å²) in [4.78, 5) is 41.6. The van der Waals surface area contributed by atoms with E-state index < -0.39 is 5.54 Å². The van der Waals surface area contributed by atoms with Crippen molar-refractivity contribution in [2.45, 2.75) is 57.5 Å². The lowest BCUT2D eigenvalue weighted by molar-refractivity contribution is -0.129. The predicted molar refractivity (Wildman–Crippen MR) is 149 cm³/mol. The number of aromatic nitrogens is 4. The minimum absolute atomic E-state index is 0.160. The molecule has 9 nitrogen and oxygen atoms in total. The van der Waals surface area contributed by atoms with E-state index >= 15 is 0 Å². The Bertz CT molecular complexity index is 1650. The largest absolute Gasteiger partial charge is 0.382 e. The normalized spacial score (nSPS) is 19.6. The average Bonchev–Trinajstić information content (AvgIpc) is 3.64. The van der Waals surface area contributed by atoms with Gasteiger partial charge in [0.25, 0.3) is 11.8 Å². The number of rotatable bonds is 5. The fourth-order valence-corrected chi connectivity index (χ4v) is 6.11. The number of imidazole rings is 1. The van der Waals surface area contributed by atoms with E-state index in [0.717, 1.165) is 49.1 Å². The van der Waals surface area contributed by atoms with Gasteiger partial charge in [-0.1, -0.05) is 25.0 Å². The monoisotopic (exact) mass is 519 g/mol. The Morgan fingerprint density at radius 3 is 2.62 bits per heavy atom. The molecule has 9 heteroatoms. The van der Waals surface area contributed by atoms with E-state index in [1.54, 1.807) is 31.5 Å². The molecule has 0 atom stereocenters. The first kappa shape index (κ1) is 24.6. The quantitative estimate of drug-likeness (QED) is 0.382. The third-order valence-corrected chi connectivity index (χ3v) is 7.95. The van der Waals surface area contributed by atoms with Gasteiger partial charge in [-0.2, -0.15) is 0 Å². The first-order valence-corrected chi connectivity index (χ1v) is 13.2. The molecule has 1 aromatic carbocycles. The predicted octanol–water partition coefficient (Wildman–Crippen LogP) is 4.19. The molecular formula is C30H29N7O2.